The zero-order valence-electron chi connectivity index (χ0n) is 19.3. The van der Waals surface area contributed by atoms with Crippen molar-refractivity contribution in [2.45, 2.75) is 24.3 Å². The van der Waals surface area contributed by atoms with E-state index in [1.165, 1.54) is 19.2 Å². The molecule has 1 saturated heterocycles. The Kier molecular flexibility index (Phi) is 7.40. The van der Waals surface area contributed by atoms with Gasteiger partial charge in [0.15, 0.2) is 0 Å². The standard InChI is InChI=1S/C25H27N3O6S/c1-33-21-10-12-23(13-11-21)35(31,32)27-20-8-6-18(7-9-20)25(30)28-14-2-4-19(17-28)24(29)26-16-22-5-3-15-34-22/h3,5-13,15,19,27H,2,4,14,16-17H2,1H3,(H,26,29). The molecule has 2 heterocycles. The van der Waals surface area contributed by atoms with Gasteiger partial charge in [-0.3, -0.25) is 14.3 Å². The van der Waals surface area contributed by atoms with E-state index in [1.54, 1.807) is 59.7 Å². The van der Waals surface area contributed by atoms with Crippen LogP contribution in [0.5, 0.6) is 5.75 Å². The molecule has 4 rings (SSSR count). The summed E-state index contributed by atoms with van der Waals surface area (Å²) in [5.74, 6) is 0.630. The topological polar surface area (TPSA) is 118 Å². The van der Waals surface area contributed by atoms with E-state index < -0.39 is 10.0 Å². The number of ether oxygens (including phenoxy) is 1. The SMILES string of the molecule is COc1ccc(S(=O)(=O)Nc2ccc(C(=O)N3CCCC(C(=O)NCc4ccco4)C3)cc2)cc1. The van der Waals surface area contributed by atoms with Crippen molar-refractivity contribution < 1.29 is 27.2 Å². The summed E-state index contributed by atoms with van der Waals surface area (Å²) >= 11 is 0. The first-order chi connectivity index (χ1) is 16.9. The summed E-state index contributed by atoms with van der Waals surface area (Å²) in [6, 6.07) is 15.9. The van der Waals surface area contributed by atoms with Gasteiger partial charge in [-0.2, -0.15) is 0 Å². The molecule has 1 atom stereocenters. The first kappa shape index (κ1) is 24.3. The molecule has 0 bridgehead atoms. The maximum atomic E-state index is 13.0. The molecule has 2 aromatic carbocycles. The van der Waals surface area contributed by atoms with Gasteiger partial charge in [-0.05, 0) is 73.5 Å². The number of methoxy groups -OCH3 is 1. The lowest BCUT2D eigenvalue weighted by Crippen LogP contribution is -2.45. The molecule has 1 fully saturated rings. The van der Waals surface area contributed by atoms with Crippen molar-refractivity contribution in [3.05, 3.63) is 78.3 Å². The van der Waals surface area contributed by atoms with Crippen LogP contribution in [0.15, 0.2) is 76.2 Å². The third-order valence-electron chi connectivity index (χ3n) is 5.85. The summed E-state index contributed by atoms with van der Waals surface area (Å²) in [6.45, 7) is 1.20. The van der Waals surface area contributed by atoms with E-state index in [0.29, 0.717) is 48.8 Å². The molecule has 2 amide bonds. The highest BCUT2D eigenvalue weighted by Gasteiger charge is 2.29. The monoisotopic (exact) mass is 497 g/mol. The van der Waals surface area contributed by atoms with Gasteiger partial charge in [0.05, 0.1) is 30.7 Å². The molecule has 2 N–H and O–H groups in total. The number of benzene rings is 2. The van der Waals surface area contributed by atoms with Crippen LogP contribution < -0.4 is 14.8 Å². The van der Waals surface area contributed by atoms with Gasteiger partial charge in [-0.15, -0.1) is 0 Å². The lowest BCUT2D eigenvalue weighted by molar-refractivity contribution is -0.126. The number of piperidine rings is 1. The lowest BCUT2D eigenvalue weighted by Gasteiger charge is -2.32. The number of amides is 2. The average Bonchev–Trinajstić information content (AvgIpc) is 3.41. The molecule has 0 saturated carbocycles. The minimum atomic E-state index is -3.78. The number of nitrogens with one attached hydrogen (secondary N) is 2. The van der Waals surface area contributed by atoms with Crippen LogP contribution in [-0.4, -0.2) is 45.3 Å². The minimum Gasteiger partial charge on any atom is -0.497 e. The van der Waals surface area contributed by atoms with Gasteiger partial charge in [-0.25, -0.2) is 8.42 Å². The highest BCUT2D eigenvalue weighted by atomic mass is 32.2. The second-order valence-corrected chi connectivity index (χ2v) is 9.93. The van der Waals surface area contributed by atoms with Crippen molar-refractivity contribution in [3.8, 4) is 5.75 Å². The molecule has 0 spiro atoms. The second kappa shape index (κ2) is 10.6. The van der Waals surface area contributed by atoms with E-state index in [4.69, 9.17) is 9.15 Å². The second-order valence-electron chi connectivity index (χ2n) is 8.25. The Hall–Kier alpha value is -3.79. The largest absolute Gasteiger partial charge is 0.497 e. The van der Waals surface area contributed by atoms with Crippen LogP contribution in [0.25, 0.3) is 0 Å². The number of sulfonamides is 1. The molecule has 184 valence electrons. The van der Waals surface area contributed by atoms with Gasteiger partial charge in [0.25, 0.3) is 15.9 Å². The molecule has 9 nitrogen and oxygen atoms in total. The molecule has 0 radical (unpaired) electrons. The molecule has 0 aliphatic carbocycles. The number of carbonyl (C=O) groups excluding carboxylic acids is 2. The van der Waals surface area contributed by atoms with Crippen molar-refractivity contribution in [1.29, 1.82) is 0 Å². The predicted molar refractivity (Wildman–Crippen MR) is 129 cm³/mol. The number of anilines is 1. The summed E-state index contributed by atoms with van der Waals surface area (Å²) in [5.41, 5.74) is 0.764. The van der Waals surface area contributed by atoms with Gasteiger partial charge in [-0.1, -0.05) is 0 Å². The van der Waals surface area contributed by atoms with Gasteiger partial charge < -0.3 is 19.4 Å². The maximum absolute atomic E-state index is 13.0. The molecule has 35 heavy (non-hydrogen) atoms. The molecule has 1 aromatic heterocycles. The summed E-state index contributed by atoms with van der Waals surface area (Å²) < 4.78 is 38.1. The Morgan fingerprint density at radius 3 is 2.49 bits per heavy atom. The fraction of sp³-hybridized carbons (Fsp3) is 0.280. The van der Waals surface area contributed by atoms with Crippen LogP contribution in [0.4, 0.5) is 5.69 Å². The Bertz CT molecular complexity index is 1260. The molecule has 1 aliphatic heterocycles. The smallest absolute Gasteiger partial charge is 0.261 e. The first-order valence-electron chi connectivity index (χ1n) is 11.2. The summed E-state index contributed by atoms with van der Waals surface area (Å²) in [6.07, 6.45) is 2.99. The average molecular weight is 498 g/mol. The Morgan fingerprint density at radius 1 is 1.09 bits per heavy atom. The minimum absolute atomic E-state index is 0.100. The quantitative estimate of drug-likeness (QED) is 0.493. The van der Waals surface area contributed by atoms with Crippen LogP contribution in [-0.2, 0) is 21.4 Å². The molecule has 1 unspecified atom stereocenters. The van der Waals surface area contributed by atoms with E-state index in [1.807, 2.05) is 0 Å². The fourth-order valence-corrected chi connectivity index (χ4v) is 5.00. The Morgan fingerprint density at radius 2 is 1.83 bits per heavy atom. The number of carbonyl (C=O) groups is 2. The maximum Gasteiger partial charge on any atom is 0.261 e. The van der Waals surface area contributed by atoms with Gasteiger partial charge >= 0.3 is 0 Å². The van der Waals surface area contributed by atoms with Crippen LogP contribution in [0.1, 0.15) is 29.0 Å². The number of likely N-dealkylation sites (tertiary alicyclic amines) is 1. The van der Waals surface area contributed by atoms with Crippen LogP contribution >= 0.6 is 0 Å². The Balaban J connectivity index is 1.35. The molecule has 1 aliphatic rings. The van der Waals surface area contributed by atoms with Gasteiger partial charge in [0.1, 0.15) is 11.5 Å². The van der Waals surface area contributed by atoms with E-state index in [9.17, 15) is 18.0 Å². The number of rotatable bonds is 8. The zero-order chi connectivity index (χ0) is 24.8. The van der Waals surface area contributed by atoms with E-state index >= 15 is 0 Å². The van der Waals surface area contributed by atoms with Crippen molar-refractivity contribution >= 4 is 27.5 Å². The Labute approximate surface area is 204 Å². The number of nitrogens with zero attached hydrogens (tertiary/aromatic N) is 1. The third kappa shape index (κ3) is 6.02. The summed E-state index contributed by atoms with van der Waals surface area (Å²) in [5, 5.41) is 2.86. The van der Waals surface area contributed by atoms with E-state index in [2.05, 4.69) is 10.0 Å². The normalized spacial score (nSPS) is 15.9. The first-order valence-corrected chi connectivity index (χ1v) is 12.7. The number of hydrogen-bond acceptors (Lipinski definition) is 6. The molecular formula is C25H27N3O6S. The third-order valence-corrected chi connectivity index (χ3v) is 7.25. The highest BCUT2D eigenvalue weighted by Crippen LogP contribution is 2.22. The fourth-order valence-electron chi connectivity index (χ4n) is 3.94. The van der Waals surface area contributed by atoms with Crippen molar-refractivity contribution in [1.82, 2.24) is 10.2 Å². The van der Waals surface area contributed by atoms with Crippen LogP contribution in [0.2, 0.25) is 0 Å². The van der Waals surface area contributed by atoms with Gasteiger partial charge in [0.2, 0.25) is 5.91 Å². The summed E-state index contributed by atoms with van der Waals surface area (Å²) in [4.78, 5) is 27.3. The van der Waals surface area contributed by atoms with E-state index in [-0.39, 0.29) is 22.6 Å². The summed E-state index contributed by atoms with van der Waals surface area (Å²) in [7, 11) is -2.28. The molecule has 10 heteroatoms. The number of hydrogen-bond donors (Lipinski definition) is 2. The van der Waals surface area contributed by atoms with Crippen molar-refractivity contribution in [2.24, 2.45) is 5.92 Å². The van der Waals surface area contributed by atoms with E-state index in [0.717, 1.165) is 6.42 Å². The molecule has 3 aromatic rings. The van der Waals surface area contributed by atoms with Crippen molar-refractivity contribution in [2.75, 3.05) is 24.9 Å². The lowest BCUT2D eigenvalue weighted by atomic mass is 9.96. The zero-order valence-corrected chi connectivity index (χ0v) is 20.1. The van der Waals surface area contributed by atoms with Crippen LogP contribution in [0.3, 0.4) is 0 Å². The highest BCUT2D eigenvalue weighted by molar-refractivity contribution is 7.92. The molecular weight excluding hydrogens is 470 g/mol. The van der Waals surface area contributed by atoms with Gasteiger partial charge in [0, 0.05) is 24.3 Å². The van der Waals surface area contributed by atoms with Crippen molar-refractivity contribution in [3.63, 3.8) is 0 Å². The van der Waals surface area contributed by atoms with Crippen LogP contribution in [0, 0.1) is 5.92 Å². The number of furan rings is 1. The predicted octanol–water partition coefficient (Wildman–Crippen LogP) is 3.26.